The summed E-state index contributed by atoms with van der Waals surface area (Å²) in [6.07, 6.45) is 2.16. The van der Waals surface area contributed by atoms with Gasteiger partial charge in [0.2, 0.25) is 0 Å². The van der Waals surface area contributed by atoms with E-state index in [4.69, 9.17) is 0 Å². The first-order valence-corrected chi connectivity index (χ1v) is 7.37. The van der Waals surface area contributed by atoms with Crippen molar-refractivity contribution in [3.63, 3.8) is 0 Å². The number of hydrogen-bond donors (Lipinski definition) is 2. The van der Waals surface area contributed by atoms with E-state index in [9.17, 15) is 5.11 Å². The average Bonchev–Trinajstić information content (AvgIpc) is 2.41. The number of benzene rings is 1. The van der Waals surface area contributed by atoms with Crippen LogP contribution in [0, 0.1) is 0 Å². The van der Waals surface area contributed by atoms with E-state index in [1.54, 1.807) is 0 Å². The van der Waals surface area contributed by atoms with Gasteiger partial charge >= 0.3 is 0 Å². The molecule has 1 atom stereocenters. The molecule has 0 bridgehead atoms. The first kappa shape index (κ1) is 14.6. The van der Waals surface area contributed by atoms with Gasteiger partial charge in [-0.05, 0) is 37.0 Å². The van der Waals surface area contributed by atoms with Crippen LogP contribution in [0.25, 0.3) is 0 Å². The SMILES string of the molecule is CCCSCCC(CO)(NC)c1ccccc1. The minimum absolute atomic E-state index is 0.139. The first-order chi connectivity index (χ1) is 8.29. The number of aliphatic hydroxyl groups excluding tert-OH is 1. The number of nitrogens with one attached hydrogen (secondary N) is 1. The van der Waals surface area contributed by atoms with E-state index >= 15 is 0 Å². The molecule has 0 saturated heterocycles. The van der Waals surface area contributed by atoms with Gasteiger partial charge in [0, 0.05) is 0 Å². The molecule has 2 nitrogen and oxygen atoms in total. The van der Waals surface area contributed by atoms with Crippen molar-refractivity contribution >= 4 is 11.8 Å². The van der Waals surface area contributed by atoms with Crippen LogP contribution >= 0.6 is 11.8 Å². The number of hydrogen-bond acceptors (Lipinski definition) is 3. The van der Waals surface area contributed by atoms with Crippen molar-refractivity contribution in [1.29, 1.82) is 0 Å². The summed E-state index contributed by atoms with van der Waals surface area (Å²) in [7, 11) is 1.92. The Labute approximate surface area is 109 Å². The quantitative estimate of drug-likeness (QED) is 0.699. The van der Waals surface area contributed by atoms with E-state index < -0.39 is 0 Å². The molecular formula is C14H23NOS. The molecule has 0 amide bonds. The van der Waals surface area contributed by atoms with E-state index in [2.05, 4.69) is 24.4 Å². The summed E-state index contributed by atoms with van der Waals surface area (Å²) in [5, 5.41) is 13.0. The Kier molecular flexibility index (Phi) is 6.63. The second-order valence-corrected chi connectivity index (χ2v) is 5.44. The molecule has 17 heavy (non-hydrogen) atoms. The van der Waals surface area contributed by atoms with Gasteiger partial charge < -0.3 is 10.4 Å². The molecule has 0 aliphatic heterocycles. The Morgan fingerprint density at radius 3 is 2.47 bits per heavy atom. The van der Waals surface area contributed by atoms with E-state index in [0.717, 1.165) is 12.2 Å². The molecule has 1 aromatic carbocycles. The van der Waals surface area contributed by atoms with E-state index in [0.29, 0.717) is 0 Å². The molecule has 0 heterocycles. The van der Waals surface area contributed by atoms with E-state index in [1.165, 1.54) is 17.7 Å². The molecule has 3 heteroatoms. The molecule has 1 aromatic rings. The lowest BCUT2D eigenvalue weighted by atomic mass is 9.88. The van der Waals surface area contributed by atoms with E-state index in [-0.39, 0.29) is 12.1 Å². The molecule has 2 N–H and O–H groups in total. The molecule has 0 aliphatic rings. The number of thioether (sulfide) groups is 1. The summed E-state index contributed by atoms with van der Waals surface area (Å²) in [4.78, 5) is 0. The maximum atomic E-state index is 9.71. The second kappa shape index (κ2) is 7.75. The Hall–Kier alpha value is -0.510. The monoisotopic (exact) mass is 253 g/mol. The van der Waals surface area contributed by atoms with Gasteiger partial charge in [-0.25, -0.2) is 0 Å². The minimum Gasteiger partial charge on any atom is -0.394 e. The zero-order valence-electron chi connectivity index (χ0n) is 10.8. The van der Waals surface area contributed by atoms with Crippen molar-refractivity contribution in [1.82, 2.24) is 5.32 Å². The van der Waals surface area contributed by atoms with Crippen LogP contribution in [0.3, 0.4) is 0 Å². The molecule has 0 radical (unpaired) electrons. The Morgan fingerprint density at radius 2 is 1.94 bits per heavy atom. The normalized spacial score (nSPS) is 14.5. The third-order valence-corrected chi connectivity index (χ3v) is 4.29. The van der Waals surface area contributed by atoms with Gasteiger partial charge in [-0.15, -0.1) is 0 Å². The molecule has 0 aromatic heterocycles. The van der Waals surface area contributed by atoms with Crippen molar-refractivity contribution in [2.45, 2.75) is 25.3 Å². The highest BCUT2D eigenvalue weighted by Gasteiger charge is 2.28. The molecule has 1 unspecified atom stereocenters. The summed E-state index contributed by atoms with van der Waals surface area (Å²) in [5.74, 6) is 2.27. The van der Waals surface area contributed by atoms with Crippen LogP contribution in [-0.2, 0) is 5.54 Å². The maximum Gasteiger partial charge on any atom is 0.0674 e. The van der Waals surface area contributed by atoms with Gasteiger partial charge in [0.1, 0.15) is 0 Å². The maximum absolute atomic E-state index is 9.71. The Bertz CT molecular complexity index is 298. The Balaban J connectivity index is 2.68. The van der Waals surface area contributed by atoms with Crippen LogP contribution in [0.5, 0.6) is 0 Å². The molecule has 0 fully saturated rings. The van der Waals surface area contributed by atoms with Crippen molar-refractivity contribution < 1.29 is 5.11 Å². The van der Waals surface area contributed by atoms with Crippen LogP contribution in [0.15, 0.2) is 30.3 Å². The third-order valence-electron chi connectivity index (χ3n) is 3.10. The molecule has 0 saturated carbocycles. The fourth-order valence-electron chi connectivity index (χ4n) is 1.91. The minimum atomic E-state index is -0.290. The lowest BCUT2D eigenvalue weighted by Crippen LogP contribution is -2.44. The lowest BCUT2D eigenvalue weighted by Gasteiger charge is -2.32. The third kappa shape index (κ3) is 4.02. The highest BCUT2D eigenvalue weighted by molar-refractivity contribution is 7.99. The molecule has 96 valence electrons. The summed E-state index contributed by atoms with van der Waals surface area (Å²) < 4.78 is 0. The summed E-state index contributed by atoms with van der Waals surface area (Å²) in [6, 6.07) is 10.2. The second-order valence-electron chi connectivity index (χ2n) is 4.22. The van der Waals surface area contributed by atoms with Crippen LogP contribution < -0.4 is 5.32 Å². The number of aliphatic hydroxyl groups is 1. The van der Waals surface area contributed by atoms with Crippen LogP contribution in [-0.4, -0.2) is 30.3 Å². The van der Waals surface area contributed by atoms with Crippen molar-refractivity contribution in [2.75, 3.05) is 25.2 Å². The predicted octanol–water partition coefficient (Wildman–Crippen LogP) is 2.63. The van der Waals surface area contributed by atoms with Gasteiger partial charge in [-0.1, -0.05) is 37.3 Å². The molecule has 1 rings (SSSR count). The first-order valence-electron chi connectivity index (χ1n) is 6.22. The van der Waals surface area contributed by atoms with Gasteiger partial charge in [0.05, 0.1) is 12.1 Å². The predicted molar refractivity (Wildman–Crippen MR) is 76.5 cm³/mol. The van der Waals surface area contributed by atoms with Gasteiger partial charge in [-0.2, -0.15) is 11.8 Å². The largest absolute Gasteiger partial charge is 0.394 e. The van der Waals surface area contributed by atoms with Gasteiger partial charge in [-0.3, -0.25) is 0 Å². The highest BCUT2D eigenvalue weighted by atomic mass is 32.2. The summed E-state index contributed by atoms with van der Waals surface area (Å²) in [6.45, 7) is 2.34. The van der Waals surface area contributed by atoms with Crippen molar-refractivity contribution in [3.05, 3.63) is 35.9 Å². The van der Waals surface area contributed by atoms with Crippen LogP contribution in [0.2, 0.25) is 0 Å². The zero-order valence-corrected chi connectivity index (χ0v) is 11.6. The molecule has 0 aliphatic carbocycles. The Morgan fingerprint density at radius 1 is 1.24 bits per heavy atom. The molecule has 0 spiro atoms. The average molecular weight is 253 g/mol. The van der Waals surface area contributed by atoms with E-state index in [1.807, 2.05) is 37.0 Å². The summed E-state index contributed by atoms with van der Waals surface area (Å²) >= 11 is 1.95. The summed E-state index contributed by atoms with van der Waals surface area (Å²) in [5.41, 5.74) is 0.879. The van der Waals surface area contributed by atoms with Crippen molar-refractivity contribution in [2.24, 2.45) is 0 Å². The topological polar surface area (TPSA) is 32.3 Å². The van der Waals surface area contributed by atoms with Gasteiger partial charge in [0.15, 0.2) is 0 Å². The smallest absolute Gasteiger partial charge is 0.0674 e. The standard InChI is InChI=1S/C14H23NOS/c1-3-10-17-11-9-14(12-16,15-2)13-7-5-4-6-8-13/h4-8,15-16H,3,9-12H2,1-2H3. The molecular weight excluding hydrogens is 230 g/mol. The lowest BCUT2D eigenvalue weighted by molar-refractivity contribution is 0.165. The van der Waals surface area contributed by atoms with Crippen LogP contribution in [0.1, 0.15) is 25.3 Å². The number of rotatable bonds is 8. The number of likely N-dealkylation sites (N-methyl/N-ethyl adjacent to an activating group) is 1. The van der Waals surface area contributed by atoms with Crippen LogP contribution in [0.4, 0.5) is 0 Å². The fourth-order valence-corrected chi connectivity index (χ4v) is 2.90. The zero-order chi connectivity index (χ0) is 12.6. The fraction of sp³-hybridized carbons (Fsp3) is 0.571. The van der Waals surface area contributed by atoms with Gasteiger partial charge in [0.25, 0.3) is 0 Å². The highest BCUT2D eigenvalue weighted by Crippen LogP contribution is 2.26. The van der Waals surface area contributed by atoms with Crippen molar-refractivity contribution in [3.8, 4) is 0 Å².